The maximum absolute atomic E-state index is 13.3. The van der Waals surface area contributed by atoms with Crippen molar-refractivity contribution in [1.29, 1.82) is 0 Å². The third-order valence-corrected chi connectivity index (χ3v) is 7.16. The van der Waals surface area contributed by atoms with Gasteiger partial charge in [0.15, 0.2) is 5.78 Å². The van der Waals surface area contributed by atoms with E-state index < -0.39 is 12.1 Å². The maximum atomic E-state index is 13.3. The monoisotopic (exact) mass is 554 g/mol. The first-order valence-electron chi connectivity index (χ1n) is 13.5. The van der Waals surface area contributed by atoms with Gasteiger partial charge in [-0.2, -0.15) is 0 Å². The molecule has 1 fully saturated rings. The molecule has 206 valence electrons. The maximum Gasteiger partial charge on any atom is 0.408 e. The molecular weight excluding hydrogens is 520 g/mol. The smallest absolute Gasteiger partial charge is 0.408 e. The first-order chi connectivity index (χ1) is 19.1. The van der Waals surface area contributed by atoms with Crippen LogP contribution in [0.2, 0.25) is 0 Å². The van der Waals surface area contributed by atoms with Crippen molar-refractivity contribution in [2.45, 2.75) is 50.4 Å². The van der Waals surface area contributed by atoms with Crippen LogP contribution in [0.5, 0.6) is 0 Å². The lowest BCUT2D eigenvalue weighted by atomic mass is 9.97. The number of benzene rings is 4. The quantitative estimate of drug-likeness (QED) is 0.212. The number of hydrogen-bond acceptors (Lipinski definition) is 4. The topological polar surface area (TPSA) is 67.4 Å². The average Bonchev–Trinajstić information content (AvgIpc) is 3.76. The van der Waals surface area contributed by atoms with Gasteiger partial charge in [-0.05, 0) is 40.7 Å². The second kappa shape index (κ2) is 14.5. The average molecular weight is 555 g/mol. The van der Waals surface area contributed by atoms with Crippen LogP contribution in [0.15, 0.2) is 115 Å². The second-order valence-corrected chi connectivity index (χ2v) is 10.1. The molecule has 0 radical (unpaired) electrons. The molecule has 0 heterocycles. The number of ketones is 1. The lowest BCUT2D eigenvalue weighted by Gasteiger charge is -2.18. The highest BCUT2D eigenvalue weighted by atomic mass is 35.5. The van der Waals surface area contributed by atoms with E-state index in [0.717, 1.165) is 29.7 Å². The van der Waals surface area contributed by atoms with E-state index in [0.29, 0.717) is 18.4 Å². The van der Waals surface area contributed by atoms with Gasteiger partial charge in [0, 0.05) is 24.9 Å². The highest BCUT2D eigenvalue weighted by Crippen LogP contribution is 2.41. The van der Waals surface area contributed by atoms with Crippen LogP contribution in [0.25, 0.3) is 0 Å². The van der Waals surface area contributed by atoms with Crippen molar-refractivity contribution >= 4 is 24.3 Å². The summed E-state index contributed by atoms with van der Waals surface area (Å²) in [6, 6.07) is 37.8. The summed E-state index contributed by atoms with van der Waals surface area (Å²) >= 11 is 0. The number of carbonyl (C=O) groups is 2. The summed E-state index contributed by atoms with van der Waals surface area (Å²) in [4.78, 5) is 25.9. The molecule has 0 saturated heterocycles. The SMILES string of the molecule is Cl.O=C(N[C@H](Cc1ccccc1)C(=O)Cc1ccc(C2CC2NCc2ccccc2)cc1)OCc1ccccc1. The largest absolute Gasteiger partial charge is 0.445 e. The van der Waals surface area contributed by atoms with Gasteiger partial charge in [-0.1, -0.05) is 115 Å². The van der Waals surface area contributed by atoms with Gasteiger partial charge in [0.2, 0.25) is 0 Å². The van der Waals surface area contributed by atoms with Crippen molar-refractivity contribution in [2.75, 3.05) is 0 Å². The Hall–Kier alpha value is -3.93. The van der Waals surface area contributed by atoms with Gasteiger partial charge in [0.05, 0.1) is 6.04 Å². The molecule has 2 N–H and O–H groups in total. The van der Waals surface area contributed by atoms with Crippen molar-refractivity contribution < 1.29 is 14.3 Å². The fourth-order valence-corrected chi connectivity index (χ4v) is 4.84. The van der Waals surface area contributed by atoms with Crippen LogP contribution in [0.1, 0.15) is 40.2 Å². The number of halogens is 1. The molecule has 1 saturated carbocycles. The van der Waals surface area contributed by atoms with Gasteiger partial charge in [-0.25, -0.2) is 4.79 Å². The van der Waals surface area contributed by atoms with Crippen molar-refractivity contribution in [3.63, 3.8) is 0 Å². The van der Waals surface area contributed by atoms with E-state index in [-0.39, 0.29) is 31.2 Å². The number of ether oxygens (including phenoxy) is 1. The van der Waals surface area contributed by atoms with Gasteiger partial charge >= 0.3 is 6.09 Å². The zero-order valence-corrected chi connectivity index (χ0v) is 23.2. The van der Waals surface area contributed by atoms with Crippen LogP contribution in [0.3, 0.4) is 0 Å². The molecule has 0 bridgehead atoms. The van der Waals surface area contributed by atoms with E-state index in [2.05, 4.69) is 47.0 Å². The fourth-order valence-electron chi connectivity index (χ4n) is 4.84. The van der Waals surface area contributed by atoms with E-state index in [4.69, 9.17) is 4.74 Å². The molecule has 4 aromatic rings. The highest BCUT2D eigenvalue weighted by Gasteiger charge is 2.37. The van der Waals surface area contributed by atoms with Crippen LogP contribution in [0.4, 0.5) is 4.79 Å². The number of amides is 1. The minimum absolute atomic E-state index is 0. The Labute approximate surface area is 242 Å². The minimum atomic E-state index is -0.676. The molecule has 0 aliphatic heterocycles. The molecule has 1 aliphatic carbocycles. The molecule has 5 rings (SSSR count). The second-order valence-electron chi connectivity index (χ2n) is 10.1. The normalized spacial score (nSPS) is 16.3. The summed E-state index contributed by atoms with van der Waals surface area (Å²) < 4.78 is 5.40. The lowest BCUT2D eigenvalue weighted by Crippen LogP contribution is -2.43. The molecule has 40 heavy (non-hydrogen) atoms. The van der Waals surface area contributed by atoms with Crippen molar-refractivity contribution in [3.05, 3.63) is 143 Å². The van der Waals surface area contributed by atoms with Crippen molar-refractivity contribution in [2.24, 2.45) is 0 Å². The highest BCUT2D eigenvalue weighted by molar-refractivity contribution is 5.89. The number of nitrogens with one attached hydrogen (secondary N) is 2. The lowest BCUT2D eigenvalue weighted by molar-refractivity contribution is -0.120. The van der Waals surface area contributed by atoms with E-state index in [1.807, 2.05) is 78.9 Å². The number of rotatable bonds is 12. The van der Waals surface area contributed by atoms with Crippen LogP contribution in [-0.4, -0.2) is 24.0 Å². The van der Waals surface area contributed by atoms with E-state index in [9.17, 15) is 9.59 Å². The van der Waals surface area contributed by atoms with Gasteiger partial charge < -0.3 is 15.4 Å². The third kappa shape index (κ3) is 8.54. The van der Waals surface area contributed by atoms with Crippen molar-refractivity contribution in [3.8, 4) is 0 Å². The summed E-state index contributed by atoms with van der Waals surface area (Å²) in [5.74, 6) is 0.461. The van der Waals surface area contributed by atoms with E-state index in [1.165, 1.54) is 11.1 Å². The Balaban J connectivity index is 0.00000370. The molecular formula is C34H35ClN2O3. The molecule has 0 aromatic heterocycles. The zero-order valence-electron chi connectivity index (χ0n) is 22.4. The van der Waals surface area contributed by atoms with Crippen LogP contribution >= 0.6 is 12.4 Å². The number of Topliss-reactive ketones (excluding diaryl/α,β-unsaturated/α-hetero) is 1. The molecule has 1 aliphatic rings. The van der Waals surface area contributed by atoms with Gasteiger partial charge in [-0.3, -0.25) is 4.79 Å². The number of alkyl carbamates (subject to hydrolysis) is 1. The summed E-state index contributed by atoms with van der Waals surface area (Å²) in [6.45, 7) is 1.03. The Morgan fingerprint density at radius 3 is 1.93 bits per heavy atom. The molecule has 5 nitrogen and oxygen atoms in total. The van der Waals surface area contributed by atoms with Gasteiger partial charge in [0.25, 0.3) is 0 Å². The summed E-state index contributed by atoms with van der Waals surface area (Å²) in [7, 11) is 0. The number of carbonyl (C=O) groups excluding carboxylic acids is 2. The Kier molecular flexibility index (Phi) is 10.5. The first-order valence-corrected chi connectivity index (χ1v) is 13.5. The fraction of sp³-hybridized carbons (Fsp3) is 0.235. The standard InChI is InChI=1S/C34H34N2O3.ClH/c37-33(21-26-16-18-29(19-17-26)30-22-31(30)35-23-27-12-6-2-7-13-27)32(20-25-10-4-1-5-11-25)36-34(38)39-24-28-14-8-3-9-15-28;/h1-19,30-32,35H,20-24H2,(H,36,38);1H/t30?,31?,32-;/m1./s1. The predicted molar refractivity (Wildman–Crippen MR) is 161 cm³/mol. The van der Waals surface area contributed by atoms with Gasteiger partial charge in [-0.15, -0.1) is 12.4 Å². The molecule has 1 amide bonds. The molecule has 0 spiro atoms. The van der Waals surface area contributed by atoms with Gasteiger partial charge in [0.1, 0.15) is 6.61 Å². The van der Waals surface area contributed by atoms with Crippen LogP contribution in [-0.2, 0) is 35.5 Å². The Morgan fingerprint density at radius 2 is 1.30 bits per heavy atom. The zero-order chi connectivity index (χ0) is 26.9. The summed E-state index contributed by atoms with van der Waals surface area (Å²) in [5, 5.41) is 6.45. The molecule has 4 aromatic carbocycles. The minimum Gasteiger partial charge on any atom is -0.445 e. The van der Waals surface area contributed by atoms with E-state index >= 15 is 0 Å². The summed E-state index contributed by atoms with van der Waals surface area (Å²) in [6.07, 6.45) is 1.19. The van der Waals surface area contributed by atoms with Crippen LogP contribution < -0.4 is 10.6 Å². The first kappa shape index (κ1) is 29.1. The Morgan fingerprint density at radius 1 is 0.725 bits per heavy atom. The molecule has 6 heteroatoms. The Bertz CT molecular complexity index is 1350. The molecule has 3 atom stereocenters. The third-order valence-electron chi connectivity index (χ3n) is 7.16. The van der Waals surface area contributed by atoms with Crippen LogP contribution in [0, 0.1) is 0 Å². The number of hydrogen-bond donors (Lipinski definition) is 2. The predicted octanol–water partition coefficient (Wildman–Crippen LogP) is 6.40. The molecule has 2 unspecified atom stereocenters. The van der Waals surface area contributed by atoms with Crippen molar-refractivity contribution in [1.82, 2.24) is 10.6 Å². The summed E-state index contributed by atoms with van der Waals surface area (Å²) in [5.41, 5.74) is 5.40. The van der Waals surface area contributed by atoms with E-state index in [1.54, 1.807) is 0 Å².